The van der Waals surface area contributed by atoms with Crippen LogP contribution in [-0.4, -0.2) is 28.0 Å². The molecule has 2 N–H and O–H groups in total. The molecule has 0 saturated carbocycles. The van der Waals surface area contributed by atoms with Gasteiger partial charge in [0.2, 0.25) is 0 Å². The molecule has 15 heavy (non-hydrogen) atoms. The van der Waals surface area contributed by atoms with Crippen LogP contribution in [0.1, 0.15) is 0 Å². The van der Waals surface area contributed by atoms with E-state index in [0.29, 0.717) is 5.69 Å². The van der Waals surface area contributed by atoms with Crippen molar-refractivity contribution in [2.45, 2.75) is 4.90 Å². The summed E-state index contributed by atoms with van der Waals surface area (Å²) in [7, 11) is -2.29. The lowest BCUT2D eigenvalue weighted by molar-refractivity contribution is 0.402. The highest BCUT2D eigenvalue weighted by Crippen LogP contribution is 2.26. The Morgan fingerprint density at radius 3 is 2.67 bits per heavy atom. The van der Waals surface area contributed by atoms with Crippen molar-refractivity contribution in [2.75, 3.05) is 25.3 Å². The van der Waals surface area contributed by atoms with E-state index in [1.54, 1.807) is 0 Å². The molecular weight excluding hydrogens is 221 g/mol. The van der Waals surface area contributed by atoms with Crippen molar-refractivity contribution in [2.24, 2.45) is 0 Å². The van der Waals surface area contributed by atoms with Crippen LogP contribution in [-0.2, 0) is 9.84 Å². The fraction of sp³-hybridized carbons (Fsp3) is 0.333. The van der Waals surface area contributed by atoms with Crippen molar-refractivity contribution in [3.8, 4) is 5.75 Å². The van der Waals surface area contributed by atoms with Crippen LogP contribution in [0.4, 0.5) is 10.1 Å². The van der Waals surface area contributed by atoms with Gasteiger partial charge in [0.15, 0.2) is 9.84 Å². The maximum absolute atomic E-state index is 12.0. The van der Waals surface area contributed by atoms with Gasteiger partial charge in [-0.3, -0.25) is 0 Å². The van der Waals surface area contributed by atoms with Crippen LogP contribution in [0, 0.1) is 0 Å². The van der Waals surface area contributed by atoms with Crippen LogP contribution in [0.3, 0.4) is 0 Å². The van der Waals surface area contributed by atoms with Gasteiger partial charge in [-0.15, -0.1) is 0 Å². The van der Waals surface area contributed by atoms with E-state index in [1.807, 2.05) is 0 Å². The Bertz CT molecular complexity index is 445. The molecule has 0 aliphatic rings. The monoisotopic (exact) mass is 233 g/mol. The third-order valence-electron chi connectivity index (χ3n) is 1.87. The third-order valence-corrected chi connectivity index (χ3v) is 3.57. The number of rotatable bonds is 4. The second kappa shape index (κ2) is 4.48. The number of nitrogens with two attached hydrogens (primary N) is 1. The number of hydrogen-bond donors (Lipinski definition) is 1. The summed E-state index contributed by atoms with van der Waals surface area (Å²) in [6, 6.07) is 4.15. The van der Waals surface area contributed by atoms with Gasteiger partial charge in [0.05, 0.1) is 12.9 Å². The van der Waals surface area contributed by atoms with E-state index in [-0.39, 0.29) is 10.6 Å². The first kappa shape index (κ1) is 11.8. The average Bonchev–Trinajstić information content (AvgIpc) is 2.17. The molecule has 0 radical (unpaired) electrons. The highest BCUT2D eigenvalue weighted by Gasteiger charge is 2.19. The van der Waals surface area contributed by atoms with E-state index in [9.17, 15) is 12.8 Å². The first-order chi connectivity index (χ1) is 7.01. The molecule has 0 amide bonds. The molecule has 0 aliphatic carbocycles. The zero-order valence-corrected chi connectivity index (χ0v) is 9.05. The third kappa shape index (κ3) is 2.59. The molecule has 6 heteroatoms. The summed E-state index contributed by atoms with van der Waals surface area (Å²) >= 11 is 0. The predicted molar refractivity (Wildman–Crippen MR) is 55.4 cm³/mol. The van der Waals surface area contributed by atoms with Crippen LogP contribution in [0.5, 0.6) is 5.75 Å². The highest BCUT2D eigenvalue weighted by molar-refractivity contribution is 7.91. The van der Waals surface area contributed by atoms with E-state index in [2.05, 4.69) is 0 Å². The first-order valence-corrected chi connectivity index (χ1v) is 5.88. The Morgan fingerprint density at radius 2 is 2.13 bits per heavy atom. The number of ether oxygens (including phenoxy) is 1. The van der Waals surface area contributed by atoms with Crippen molar-refractivity contribution in [3.05, 3.63) is 18.2 Å². The normalized spacial score (nSPS) is 11.3. The zero-order chi connectivity index (χ0) is 11.5. The number of halogens is 1. The number of nitrogen functional groups attached to an aromatic ring is 1. The minimum Gasteiger partial charge on any atom is -0.495 e. The number of methoxy groups -OCH3 is 1. The number of anilines is 1. The molecule has 0 bridgehead atoms. The second-order valence-corrected chi connectivity index (χ2v) is 5.00. The largest absolute Gasteiger partial charge is 0.495 e. The fourth-order valence-corrected chi connectivity index (χ4v) is 2.30. The summed E-state index contributed by atoms with van der Waals surface area (Å²) in [5.74, 6) is -0.406. The maximum atomic E-state index is 12.0. The minimum absolute atomic E-state index is 0.0307. The van der Waals surface area contributed by atoms with Gasteiger partial charge >= 0.3 is 0 Å². The Balaban J connectivity index is 3.25. The van der Waals surface area contributed by atoms with Crippen LogP contribution < -0.4 is 10.5 Å². The van der Waals surface area contributed by atoms with Gasteiger partial charge in [-0.2, -0.15) is 0 Å². The average molecular weight is 233 g/mol. The molecule has 0 spiro atoms. The fourth-order valence-electron chi connectivity index (χ4n) is 1.15. The highest BCUT2D eigenvalue weighted by atomic mass is 32.2. The minimum atomic E-state index is -3.63. The standard InChI is InChI=1S/C9H12FNO3S/c1-14-8-6-7(11)2-3-9(8)15(12,13)5-4-10/h2-3,6H,4-5,11H2,1H3. The van der Waals surface area contributed by atoms with Gasteiger partial charge in [0.25, 0.3) is 0 Å². The molecule has 0 aromatic heterocycles. The molecule has 0 unspecified atom stereocenters. The van der Waals surface area contributed by atoms with E-state index < -0.39 is 22.3 Å². The molecule has 4 nitrogen and oxygen atoms in total. The molecule has 0 fully saturated rings. The first-order valence-electron chi connectivity index (χ1n) is 4.23. The van der Waals surface area contributed by atoms with Crippen molar-refractivity contribution in [1.29, 1.82) is 0 Å². The number of alkyl halides is 1. The summed E-state index contributed by atoms with van der Waals surface area (Å²) in [4.78, 5) is -0.0307. The van der Waals surface area contributed by atoms with Crippen LogP contribution in [0.15, 0.2) is 23.1 Å². The molecule has 0 aliphatic heterocycles. The number of benzene rings is 1. The van der Waals surface area contributed by atoms with E-state index in [1.165, 1.54) is 25.3 Å². The van der Waals surface area contributed by atoms with Crippen molar-refractivity contribution in [3.63, 3.8) is 0 Å². The Kier molecular flexibility index (Phi) is 3.52. The van der Waals surface area contributed by atoms with Crippen molar-refractivity contribution < 1.29 is 17.5 Å². The van der Waals surface area contributed by atoms with Crippen molar-refractivity contribution in [1.82, 2.24) is 0 Å². The van der Waals surface area contributed by atoms with Gasteiger partial charge in [-0.05, 0) is 12.1 Å². The van der Waals surface area contributed by atoms with Crippen LogP contribution in [0.25, 0.3) is 0 Å². The Morgan fingerprint density at radius 1 is 1.47 bits per heavy atom. The van der Waals surface area contributed by atoms with Gasteiger partial charge in [0.1, 0.15) is 17.3 Å². The van der Waals surface area contributed by atoms with Gasteiger partial charge in [-0.1, -0.05) is 0 Å². The molecule has 84 valence electrons. The number of sulfone groups is 1. The van der Waals surface area contributed by atoms with E-state index in [4.69, 9.17) is 10.5 Å². The zero-order valence-electron chi connectivity index (χ0n) is 8.23. The topological polar surface area (TPSA) is 69.4 Å². The quantitative estimate of drug-likeness (QED) is 0.788. The second-order valence-electron chi connectivity index (χ2n) is 2.92. The summed E-state index contributed by atoms with van der Waals surface area (Å²) < 4.78 is 40.0. The molecular formula is C9H12FNO3S. The molecule has 0 atom stereocenters. The summed E-state index contributed by atoms with van der Waals surface area (Å²) in [5, 5.41) is 0. The van der Waals surface area contributed by atoms with Crippen LogP contribution in [0.2, 0.25) is 0 Å². The van der Waals surface area contributed by atoms with Gasteiger partial charge < -0.3 is 10.5 Å². The summed E-state index contributed by atoms with van der Waals surface area (Å²) in [5.41, 5.74) is 5.87. The van der Waals surface area contributed by atoms with Gasteiger partial charge in [0, 0.05) is 11.8 Å². The molecule has 1 aromatic rings. The summed E-state index contributed by atoms with van der Waals surface area (Å²) in [6.45, 7) is -0.921. The van der Waals surface area contributed by atoms with Gasteiger partial charge in [-0.25, -0.2) is 12.8 Å². The van der Waals surface area contributed by atoms with Crippen LogP contribution >= 0.6 is 0 Å². The Labute approximate surface area is 87.8 Å². The van der Waals surface area contributed by atoms with E-state index >= 15 is 0 Å². The maximum Gasteiger partial charge on any atom is 0.184 e. The SMILES string of the molecule is COc1cc(N)ccc1S(=O)(=O)CCF. The molecule has 1 rings (SSSR count). The Hall–Kier alpha value is -1.30. The summed E-state index contributed by atoms with van der Waals surface area (Å²) in [6.07, 6.45) is 0. The lowest BCUT2D eigenvalue weighted by Crippen LogP contribution is -2.10. The smallest absolute Gasteiger partial charge is 0.184 e. The lowest BCUT2D eigenvalue weighted by Gasteiger charge is -2.08. The lowest BCUT2D eigenvalue weighted by atomic mass is 10.3. The predicted octanol–water partition coefficient (Wildman–Crippen LogP) is 1.02. The molecule has 1 aromatic carbocycles. The van der Waals surface area contributed by atoms with E-state index in [0.717, 1.165) is 0 Å². The number of hydrogen-bond acceptors (Lipinski definition) is 4. The molecule has 0 heterocycles. The van der Waals surface area contributed by atoms with Crippen molar-refractivity contribution >= 4 is 15.5 Å². The molecule has 0 saturated heterocycles.